The highest BCUT2D eigenvalue weighted by molar-refractivity contribution is 14.0. The molecule has 1 saturated heterocycles. The molecule has 22 heavy (non-hydrogen) atoms. The molecule has 1 fully saturated rings. The Kier molecular flexibility index (Phi) is 9.82. The molecular formula is C16H30IN3OS. The van der Waals surface area contributed by atoms with Gasteiger partial charge in [-0.2, -0.15) is 11.8 Å². The van der Waals surface area contributed by atoms with Gasteiger partial charge in [-0.1, -0.05) is 25.5 Å². The number of nitrogens with one attached hydrogen (secondary N) is 1. The van der Waals surface area contributed by atoms with Gasteiger partial charge >= 0.3 is 0 Å². The second-order valence-corrected chi connectivity index (χ2v) is 7.36. The van der Waals surface area contributed by atoms with Crippen molar-refractivity contribution < 1.29 is 4.74 Å². The fourth-order valence-electron chi connectivity index (χ4n) is 2.73. The molecule has 6 heteroatoms. The number of ether oxygens (including phenoxy) is 1. The van der Waals surface area contributed by atoms with Crippen LogP contribution in [0.25, 0.3) is 0 Å². The van der Waals surface area contributed by atoms with Crippen LogP contribution < -0.4 is 5.32 Å². The lowest BCUT2D eigenvalue weighted by Crippen LogP contribution is -2.49. The Morgan fingerprint density at radius 1 is 1.55 bits per heavy atom. The Bertz CT molecular complexity index is 388. The third-order valence-electron chi connectivity index (χ3n) is 4.13. The quantitative estimate of drug-likeness (QED) is 0.316. The Hall–Kier alpha value is 0.0500. The first kappa shape index (κ1) is 20.1. The summed E-state index contributed by atoms with van der Waals surface area (Å²) in [5.74, 6) is 2.99. The third kappa shape index (κ3) is 6.28. The topological polar surface area (TPSA) is 36.9 Å². The van der Waals surface area contributed by atoms with E-state index in [0.717, 1.165) is 62.8 Å². The van der Waals surface area contributed by atoms with Crippen molar-refractivity contribution in [3.63, 3.8) is 0 Å². The number of guanidine groups is 1. The van der Waals surface area contributed by atoms with Crippen LogP contribution >= 0.6 is 35.7 Å². The van der Waals surface area contributed by atoms with Gasteiger partial charge in [0.05, 0.1) is 13.2 Å². The Balaban J connectivity index is 0.00000242. The Labute approximate surface area is 156 Å². The molecule has 0 aromatic heterocycles. The van der Waals surface area contributed by atoms with Crippen molar-refractivity contribution in [2.45, 2.75) is 31.9 Å². The lowest BCUT2D eigenvalue weighted by Gasteiger charge is -2.36. The molecule has 4 nitrogen and oxygen atoms in total. The van der Waals surface area contributed by atoms with E-state index in [-0.39, 0.29) is 24.0 Å². The molecule has 0 bridgehead atoms. The molecule has 0 aromatic rings. The van der Waals surface area contributed by atoms with E-state index < -0.39 is 0 Å². The lowest BCUT2D eigenvalue weighted by atomic mass is 10.1. The maximum absolute atomic E-state index is 5.35. The van der Waals surface area contributed by atoms with Gasteiger partial charge in [-0.15, -0.1) is 24.0 Å². The van der Waals surface area contributed by atoms with Crippen molar-refractivity contribution >= 4 is 41.7 Å². The number of hydrogen-bond donors (Lipinski definition) is 1. The van der Waals surface area contributed by atoms with Crippen LogP contribution in [0.3, 0.4) is 0 Å². The second-order valence-electron chi connectivity index (χ2n) is 6.01. The van der Waals surface area contributed by atoms with Gasteiger partial charge in [0.1, 0.15) is 0 Å². The highest BCUT2D eigenvalue weighted by Crippen LogP contribution is 2.24. The van der Waals surface area contributed by atoms with E-state index in [0.29, 0.717) is 0 Å². The lowest BCUT2D eigenvalue weighted by molar-refractivity contribution is 0.153. The zero-order valence-corrected chi connectivity index (χ0v) is 17.2. The van der Waals surface area contributed by atoms with Gasteiger partial charge in [-0.25, -0.2) is 0 Å². The van der Waals surface area contributed by atoms with Gasteiger partial charge in [0.25, 0.3) is 0 Å². The van der Waals surface area contributed by atoms with Crippen LogP contribution in [0.15, 0.2) is 16.6 Å². The molecule has 1 atom stereocenters. The monoisotopic (exact) mass is 439 g/mol. The van der Waals surface area contributed by atoms with Crippen molar-refractivity contribution in [3.05, 3.63) is 11.6 Å². The minimum atomic E-state index is 0. The maximum Gasteiger partial charge on any atom is 0.193 e. The van der Waals surface area contributed by atoms with E-state index in [2.05, 4.69) is 46.9 Å². The van der Waals surface area contributed by atoms with Crippen molar-refractivity contribution in [1.82, 2.24) is 10.2 Å². The van der Waals surface area contributed by atoms with Crippen LogP contribution in [0.4, 0.5) is 0 Å². The summed E-state index contributed by atoms with van der Waals surface area (Å²) >= 11 is 2.10. The fraction of sp³-hybridized carbons (Fsp3) is 0.812. The van der Waals surface area contributed by atoms with Crippen LogP contribution in [-0.2, 0) is 4.74 Å². The zero-order valence-electron chi connectivity index (χ0n) is 14.0. The molecule has 2 aliphatic heterocycles. The molecule has 0 aliphatic carbocycles. The highest BCUT2D eigenvalue weighted by atomic mass is 127. The van der Waals surface area contributed by atoms with Gasteiger partial charge in [0, 0.05) is 37.7 Å². The van der Waals surface area contributed by atoms with Crippen molar-refractivity contribution in [3.8, 4) is 0 Å². The minimum absolute atomic E-state index is 0. The number of hydrogen-bond acceptors (Lipinski definition) is 3. The molecule has 1 N–H and O–H groups in total. The van der Waals surface area contributed by atoms with Crippen molar-refractivity contribution in [2.75, 3.05) is 45.6 Å². The molecular weight excluding hydrogens is 409 g/mol. The largest absolute Gasteiger partial charge is 0.377 e. The predicted molar refractivity (Wildman–Crippen MR) is 108 cm³/mol. The summed E-state index contributed by atoms with van der Waals surface area (Å²) in [6.45, 7) is 9.46. The first-order chi connectivity index (χ1) is 10.2. The molecule has 0 spiro atoms. The van der Waals surface area contributed by atoms with Crippen molar-refractivity contribution in [1.29, 1.82) is 0 Å². The number of nitrogens with zero attached hydrogens (tertiary/aromatic N) is 2. The second kappa shape index (κ2) is 10.8. The normalized spacial score (nSPS) is 23.1. The van der Waals surface area contributed by atoms with Gasteiger partial charge in [0.15, 0.2) is 5.96 Å². The van der Waals surface area contributed by atoms with Crippen LogP contribution in [0.5, 0.6) is 0 Å². The standard InChI is InChI=1S/C16H29N3OS.HI/c1-13(2)15-12-19(8-11-21-15)16(17-3)18-7-4-14-5-9-20-10-6-14;/h5,13,15H,4,6-12H2,1-3H3,(H,17,18);1H. The van der Waals surface area contributed by atoms with Crippen LogP contribution in [0.1, 0.15) is 26.7 Å². The first-order valence-corrected chi connectivity index (χ1v) is 9.08. The molecule has 2 heterocycles. The van der Waals surface area contributed by atoms with Gasteiger partial charge in [-0.05, 0) is 18.8 Å². The maximum atomic E-state index is 5.35. The summed E-state index contributed by atoms with van der Waals surface area (Å²) in [5.41, 5.74) is 1.51. The van der Waals surface area contributed by atoms with E-state index in [1.165, 1.54) is 11.3 Å². The molecule has 0 radical (unpaired) electrons. The highest BCUT2D eigenvalue weighted by Gasteiger charge is 2.24. The molecule has 0 saturated carbocycles. The number of thioether (sulfide) groups is 1. The summed E-state index contributed by atoms with van der Waals surface area (Å²) in [5, 5.41) is 4.25. The molecule has 128 valence electrons. The zero-order chi connectivity index (χ0) is 15.1. The van der Waals surface area contributed by atoms with Crippen LogP contribution in [-0.4, -0.2) is 61.8 Å². The average Bonchev–Trinajstić information content (AvgIpc) is 2.52. The minimum Gasteiger partial charge on any atom is -0.377 e. The molecule has 0 amide bonds. The summed E-state index contributed by atoms with van der Waals surface area (Å²) < 4.78 is 5.35. The average molecular weight is 439 g/mol. The van der Waals surface area contributed by atoms with Gasteiger partial charge in [0.2, 0.25) is 0 Å². The number of aliphatic imine (C=N–C) groups is 1. The smallest absolute Gasteiger partial charge is 0.193 e. The molecule has 2 rings (SSSR count). The van der Waals surface area contributed by atoms with Crippen LogP contribution in [0.2, 0.25) is 0 Å². The molecule has 0 aromatic carbocycles. The van der Waals surface area contributed by atoms with E-state index in [4.69, 9.17) is 4.74 Å². The van der Waals surface area contributed by atoms with Gasteiger partial charge < -0.3 is 15.0 Å². The predicted octanol–water partition coefficient (Wildman–Crippen LogP) is 2.99. The Morgan fingerprint density at radius 3 is 3.00 bits per heavy atom. The van der Waals surface area contributed by atoms with E-state index in [1.54, 1.807) is 0 Å². The van der Waals surface area contributed by atoms with E-state index >= 15 is 0 Å². The SMILES string of the molecule is CN=C(NCCC1=CCOCC1)N1CCSC(C(C)C)C1.I. The van der Waals surface area contributed by atoms with E-state index in [9.17, 15) is 0 Å². The van der Waals surface area contributed by atoms with E-state index in [1.807, 2.05) is 7.05 Å². The summed E-state index contributed by atoms with van der Waals surface area (Å²) in [6, 6.07) is 0. The Morgan fingerprint density at radius 2 is 2.36 bits per heavy atom. The van der Waals surface area contributed by atoms with Crippen molar-refractivity contribution in [2.24, 2.45) is 10.9 Å². The summed E-state index contributed by atoms with van der Waals surface area (Å²) in [7, 11) is 1.89. The fourth-order valence-corrected chi connectivity index (χ4v) is 4.03. The summed E-state index contributed by atoms with van der Waals surface area (Å²) in [4.78, 5) is 6.88. The first-order valence-electron chi connectivity index (χ1n) is 8.03. The molecule has 2 aliphatic rings. The van der Waals surface area contributed by atoms with Crippen LogP contribution in [0, 0.1) is 5.92 Å². The van der Waals surface area contributed by atoms with Gasteiger partial charge in [-0.3, -0.25) is 4.99 Å². The number of rotatable bonds is 4. The summed E-state index contributed by atoms with van der Waals surface area (Å²) in [6.07, 6.45) is 4.40. The molecule has 1 unspecified atom stereocenters. The third-order valence-corrected chi connectivity index (χ3v) is 5.67. The number of halogens is 1.